The standard InChI is InChI=1S/C15H16O/c1-2-16-15-9-5-8-13-12-7-4-3-6-11(12)10-14(13)15/h2-4,6-7,15H,1,5,8-10H2. The van der Waals surface area contributed by atoms with Gasteiger partial charge in [-0.3, -0.25) is 0 Å². The first-order valence-electron chi connectivity index (χ1n) is 5.96. The second-order valence-electron chi connectivity index (χ2n) is 4.52. The van der Waals surface area contributed by atoms with Gasteiger partial charge in [0.05, 0.1) is 6.26 Å². The van der Waals surface area contributed by atoms with Gasteiger partial charge in [0.1, 0.15) is 6.10 Å². The molecule has 1 unspecified atom stereocenters. The van der Waals surface area contributed by atoms with E-state index in [2.05, 4.69) is 30.8 Å². The Morgan fingerprint density at radius 1 is 1.31 bits per heavy atom. The minimum atomic E-state index is 0.272. The average molecular weight is 212 g/mol. The summed E-state index contributed by atoms with van der Waals surface area (Å²) in [4.78, 5) is 0. The quantitative estimate of drug-likeness (QED) is 0.679. The van der Waals surface area contributed by atoms with Crippen molar-refractivity contribution in [2.75, 3.05) is 0 Å². The van der Waals surface area contributed by atoms with E-state index >= 15 is 0 Å². The van der Waals surface area contributed by atoms with Gasteiger partial charge in [0.15, 0.2) is 0 Å². The zero-order chi connectivity index (χ0) is 11.0. The molecule has 0 radical (unpaired) electrons. The number of hydrogen-bond acceptors (Lipinski definition) is 1. The highest BCUT2D eigenvalue weighted by molar-refractivity contribution is 5.77. The van der Waals surface area contributed by atoms with Crippen molar-refractivity contribution in [3.05, 3.63) is 53.8 Å². The molecule has 2 aliphatic carbocycles. The maximum atomic E-state index is 5.63. The SMILES string of the molecule is C=COC1CCCC2=C1Cc1ccccc12. The monoisotopic (exact) mass is 212 g/mol. The molecule has 0 saturated heterocycles. The first-order valence-corrected chi connectivity index (χ1v) is 5.96. The molecule has 1 nitrogen and oxygen atoms in total. The van der Waals surface area contributed by atoms with Crippen LogP contribution in [-0.2, 0) is 11.2 Å². The first-order chi connectivity index (χ1) is 7.90. The second kappa shape index (κ2) is 3.82. The van der Waals surface area contributed by atoms with Gasteiger partial charge in [0.2, 0.25) is 0 Å². The van der Waals surface area contributed by atoms with Gasteiger partial charge >= 0.3 is 0 Å². The molecular weight excluding hydrogens is 196 g/mol. The molecule has 0 N–H and O–H groups in total. The summed E-state index contributed by atoms with van der Waals surface area (Å²) in [6.45, 7) is 3.67. The fraction of sp³-hybridized carbons (Fsp3) is 0.333. The van der Waals surface area contributed by atoms with Crippen LogP contribution < -0.4 is 0 Å². The molecule has 82 valence electrons. The van der Waals surface area contributed by atoms with E-state index in [0.717, 1.165) is 12.8 Å². The summed E-state index contributed by atoms with van der Waals surface area (Å²) in [7, 11) is 0. The van der Waals surface area contributed by atoms with E-state index in [0.29, 0.717) is 0 Å². The molecule has 16 heavy (non-hydrogen) atoms. The molecule has 0 aliphatic heterocycles. The molecule has 0 saturated carbocycles. The molecule has 1 heteroatoms. The van der Waals surface area contributed by atoms with Gasteiger partial charge in [-0.2, -0.15) is 0 Å². The van der Waals surface area contributed by atoms with Crippen molar-refractivity contribution in [3.8, 4) is 0 Å². The number of rotatable bonds is 2. The van der Waals surface area contributed by atoms with Gasteiger partial charge in [-0.05, 0) is 48.0 Å². The highest BCUT2D eigenvalue weighted by Crippen LogP contribution is 2.42. The van der Waals surface area contributed by atoms with E-state index in [1.807, 2.05) is 0 Å². The van der Waals surface area contributed by atoms with Crippen LogP contribution in [0.25, 0.3) is 5.57 Å². The zero-order valence-corrected chi connectivity index (χ0v) is 9.41. The molecule has 0 bridgehead atoms. The Kier molecular flexibility index (Phi) is 2.32. The molecule has 0 spiro atoms. The highest BCUT2D eigenvalue weighted by Gasteiger charge is 2.30. The lowest BCUT2D eigenvalue weighted by Gasteiger charge is -2.24. The summed E-state index contributed by atoms with van der Waals surface area (Å²) >= 11 is 0. The number of allylic oxidation sites excluding steroid dienone is 1. The maximum absolute atomic E-state index is 5.63. The Morgan fingerprint density at radius 3 is 3.06 bits per heavy atom. The smallest absolute Gasteiger partial charge is 0.120 e. The lowest BCUT2D eigenvalue weighted by molar-refractivity contribution is 0.161. The Bertz CT molecular complexity index is 456. The number of benzene rings is 1. The third-order valence-corrected chi connectivity index (χ3v) is 3.65. The van der Waals surface area contributed by atoms with Gasteiger partial charge in [-0.25, -0.2) is 0 Å². The lowest BCUT2D eigenvalue weighted by atomic mass is 9.89. The molecule has 0 aromatic heterocycles. The van der Waals surface area contributed by atoms with Crippen molar-refractivity contribution in [2.24, 2.45) is 0 Å². The number of hydrogen-bond donors (Lipinski definition) is 0. The summed E-state index contributed by atoms with van der Waals surface area (Å²) in [5, 5.41) is 0. The number of fused-ring (bicyclic) bond motifs is 2. The molecule has 2 aliphatic rings. The molecule has 1 aromatic rings. The second-order valence-corrected chi connectivity index (χ2v) is 4.52. The molecule has 0 fully saturated rings. The minimum Gasteiger partial charge on any atom is -0.494 e. The minimum absolute atomic E-state index is 0.272. The Morgan fingerprint density at radius 2 is 2.19 bits per heavy atom. The van der Waals surface area contributed by atoms with Crippen LogP contribution in [0.15, 0.2) is 42.7 Å². The van der Waals surface area contributed by atoms with Gasteiger partial charge in [-0.1, -0.05) is 30.8 Å². The zero-order valence-electron chi connectivity index (χ0n) is 9.41. The lowest BCUT2D eigenvalue weighted by Crippen LogP contribution is -2.17. The molecular formula is C15H16O. The number of ether oxygens (including phenoxy) is 1. The van der Waals surface area contributed by atoms with E-state index < -0.39 is 0 Å². The van der Waals surface area contributed by atoms with E-state index in [4.69, 9.17) is 4.74 Å². The molecule has 0 heterocycles. The van der Waals surface area contributed by atoms with Crippen molar-refractivity contribution >= 4 is 5.57 Å². The third-order valence-electron chi connectivity index (χ3n) is 3.65. The fourth-order valence-electron chi connectivity index (χ4n) is 2.96. The summed E-state index contributed by atoms with van der Waals surface area (Å²) in [5.74, 6) is 0. The predicted octanol–water partition coefficient (Wildman–Crippen LogP) is 3.71. The van der Waals surface area contributed by atoms with Crippen LogP contribution in [0.3, 0.4) is 0 Å². The largest absolute Gasteiger partial charge is 0.494 e. The Hall–Kier alpha value is -1.50. The van der Waals surface area contributed by atoms with Crippen molar-refractivity contribution < 1.29 is 4.74 Å². The van der Waals surface area contributed by atoms with Crippen molar-refractivity contribution in [1.82, 2.24) is 0 Å². The Labute approximate surface area is 96.4 Å². The molecule has 3 rings (SSSR count). The highest BCUT2D eigenvalue weighted by atomic mass is 16.5. The van der Waals surface area contributed by atoms with Crippen molar-refractivity contribution in [1.29, 1.82) is 0 Å². The molecule has 0 amide bonds. The van der Waals surface area contributed by atoms with Gasteiger partial charge < -0.3 is 4.74 Å². The van der Waals surface area contributed by atoms with Crippen molar-refractivity contribution in [2.45, 2.75) is 31.8 Å². The van der Waals surface area contributed by atoms with Crippen LogP contribution in [0.2, 0.25) is 0 Å². The van der Waals surface area contributed by atoms with E-state index in [-0.39, 0.29) is 6.10 Å². The summed E-state index contributed by atoms with van der Waals surface area (Å²) in [6, 6.07) is 8.74. The summed E-state index contributed by atoms with van der Waals surface area (Å²) < 4.78 is 5.63. The topological polar surface area (TPSA) is 9.23 Å². The first kappa shape index (κ1) is 9.71. The molecule has 1 atom stereocenters. The Balaban J connectivity index is 2.01. The van der Waals surface area contributed by atoms with Crippen LogP contribution >= 0.6 is 0 Å². The van der Waals surface area contributed by atoms with E-state index in [1.54, 1.807) is 6.26 Å². The normalized spacial score (nSPS) is 22.6. The fourth-order valence-corrected chi connectivity index (χ4v) is 2.96. The van der Waals surface area contributed by atoms with Gasteiger partial charge in [0, 0.05) is 0 Å². The van der Waals surface area contributed by atoms with E-state index in [9.17, 15) is 0 Å². The molecule has 1 aromatic carbocycles. The summed E-state index contributed by atoms with van der Waals surface area (Å²) in [6.07, 6.45) is 6.51. The van der Waals surface area contributed by atoms with Gasteiger partial charge in [0.25, 0.3) is 0 Å². The third kappa shape index (κ3) is 1.39. The maximum Gasteiger partial charge on any atom is 0.120 e. The van der Waals surface area contributed by atoms with Crippen LogP contribution in [0, 0.1) is 0 Å². The van der Waals surface area contributed by atoms with Gasteiger partial charge in [-0.15, -0.1) is 0 Å². The van der Waals surface area contributed by atoms with Crippen molar-refractivity contribution in [3.63, 3.8) is 0 Å². The van der Waals surface area contributed by atoms with Crippen LogP contribution in [0.4, 0.5) is 0 Å². The van der Waals surface area contributed by atoms with Crippen LogP contribution in [0.1, 0.15) is 30.4 Å². The average Bonchev–Trinajstić information content (AvgIpc) is 2.69. The van der Waals surface area contributed by atoms with E-state index in [1.165, 1.54) is 35.1 Å². The summed E-state index contributed by atoms with van der Waals surface area (Å²) in [5.41, 5.74) is 5.95. The predicted molar refractivity (Wildman–Crippen MR) is 66.0 cm³/mol. The van der Waals surface area contributed by atoms with Crippen LogP contribution in [0.5, 0.6) is 0 Å². The van der Waals surface area contributed by atoms with Crippen LogP contribution in [-0.4, -0.2) is 6.10 Å².